The highest BCUT2D eigenvalue weighted by Gasteiger charge is 2.08. The van der Waals surface area contributed by atoms with E-state index in [9.17, 15) is 4.79 Å². The van der Waals surface area contributed by atoms with E-state index in [1.54, 1.807) is 12.1 Å². The lowest BCUT2D eigenvalue weighted by Crippen LogP contribution is -2.05. The van der Waals surface area contributed by atoms with Crippen molar-refractivity contribution in [2.45, 2.75) is 13.3 Å². The van der Waals surface area contributed by atoms with E-state index in [0.717, 1.165) is 5.57 Å². The summed E-state index contributed by atoms with van der Waals surface area (Å²) in [5, 5.41) is 0. The zero-order chi connectivity index (χ0) is 9.68. The minimum atomic E-state index is -0.425. The largest absolute Gasteiger partial charge is 0.459 e. The third-order valence-electron chi connectivity index (χ3n) is 1.48. The molecule has 0 spiro atoms. The van der Waals surface area contributed by atoms with Crippen LogP contribution in [-0.2, 0) is 4.74 Å². The Balaban J connectivity index is 2.31. The zero-order valence-electron chi connectivity index (χ0n) is 7.58. The van der Waals surface area contributed by atoms with Crippen molar-refractivity contribution in [2.24, 2.45) is 0 Å². The van der Waals surface area contributed by atoms with E-state index in [-0.39, 0.29) is 5.76 Å². The third-order valence-corrected chi connectivity index (χ3v) is 1.48. The predicted molar refractivity (Wildman–Crippen MR) is 48.4 cm³/mol. The molecule has 0 aliphatic heterocycles. The highest BCUT2D eigenvalue weighted by Crippen LogP contribution is 2.03. The molecule has 0 saturated heterocycles. The van der Waals surface area contributed by atoms with Crippen LogP contribution in [0.15, 0.2) is 35.0 Å². The minimum absolute atomic E-state index is 0.238. The van der Waals surface area contributed by atoms with Gasteiger partial charge in [0.25, 0.3) is 0 Å². The Kier molecular flexibility index (Phi) is 3.31. The van der Waals surface area contributed by atoms with Crippen LogP contribution in [0.4, 0.5) is 0 Å². The molecule has 3 nitrogen and oxygen atoms in total. The molecule has 1 aromatic heterocycles. The van der Waals surface area contributed by atoms with Crippen molar-refractivity contribution in [3.8, 4) is 0 Å². The molecule has 1 heterocycles. The normalized spacial score (nSPS) is 9.62. The Morgan fingerprint density at radius 1 is 1.69 bits per heavy atom. The molecule has 0 unspecified atom stereocenters. The van der Waals surface area contributed by atoms with Crippen molar-refractivity contribution in [3.63, 3.8) is 0 Å². The van der Waals surface area contributed by atoms with E-state index >= 15 is 0 Å². The van der Waals surface area contributed by atoms with E-state index < -0.39 is 5.97 Å². The van der Waals surface area contributed by atoms with Gasteiger partial charge in [0.05, 0.1) is 12.9 Å². The molecular weight excluding hydrogens is 168 g/mol. The van der Waals surface area contributed by atoms with Crippen molar-refractivity contribution in [3.05, 3.63) is 36.3 Å². The van der Waals surface area contributed by atoms with E-state index in [0.29, 0.717) is 13.0 Å². The van der Waals surface area contributed by atoms with Crippen LogP contribution in [-0.4, -0.2) is 12.6 Å². The summed E-state index contributed by atoms with van der Waals surface area (Å²) in [5.74, 6) is -0.187. The Morgan fingerprint density at radius 3 is 3.00 bits per heavy atom. The van der Waals surface area contributed by atoms with E-state index in [1.165, 1.54) is 6.26 Å². The van der Waals surface area contributed by atoms with Gasteiger partial charge >= 0.3 is 5.97 Å². The smallest absolute Gasteiger partial charge is 0.374 e. The molecule has 1 aromatic rings. The summed E-state index contributed by atoms with van der Waals surface area (Å²) in [7, 11) is 0. The summed E-state index contributed by atoms with van der Waals surface area (Å²) < 4.78 is 9.76. The second-order valence-corrected chi connectivity index (χ2v) is 2.82. The van der Waals surface area contributed by atoms with E-state index in [2.05, 4.69) is 6.58 Å². The maximum absolute atomic E-state index is 11.1. The second-order valence-electron chi connectivity index (χ2n) is 2.82. The molecule has 0 bridgehead atoms. The van der Waals surface area contributed by atoms with Crippen molar-refractivity contribution >= 4 is 5.97 Å². The predicted octanol–water partition coefficient (Wildman–Crippen LogP) is 2.40. The van der Waals surface area contributed by atoms with Gasteiger partial charge in [-0.1, -0.05) is 5.57 Å². The lowest BCUT2D eigenvalue weighted by molar-refractivity contribution is 0.0473. The summed E-state index contributed by atoms with van der Waals surface area (Å²) >= 11 is 0. The molecule has 0 amide bonds. The number of rotatable bonds is 4. The molecule has 1 rings (SSSR count). The molecular formula is C10H12O3. The first-order valence-electron chi connectivity index (χ1n) is 4.05. The van der Waals surface area contributed by atoms with Crippen LogP contribution >= 0.6 is 0 Å². The summed E-state index contributed by atoms with van der Waals surface area (Å²) in [6, 6.07) is 3.22. The average molecular weight is 180 g/mol. The molecule has 0 fully saturated rings. The topological polar surface area (TPSA) is 39.4 Å². The quantitative estimate of drug-likeness (QED) is 0.527. The van der Waals surface area contributed by atoms with Crippen LogP contribution < -0.4 is 0 Å². The molecule has 3 heteroatoms. The zero-order valence-corrected chi connectivity index (χ0v) is 7.58. The summed E-state index contributed by atoms with van der Waals surface area (Å²) in [6.07, 6.45) is 2.13. The van der Waals surface area contributed by atoms with Crippen LogP contribution in [0.3, 0.4) is 0 Å². The number of furan rings is 1. The highest BCUT2D eigenvalue weighted by atomic mass is 16.5. The molecule has 0 atom stereocenters. The van der Waals surface area contributed by atoms with Gasteiger partial charge in [0.15, 0.2) is 0 Å². The highest BCUT2D eigenvalue weighted by molar-refractivity contribution is 5.86. The number of carbonyl (C=O) groups is 1. The van der Waals surface area contributed by atoms with E-state index in [1.807, 2.05) is 6.92 Å². The summed E-state index contributed by atoms with van der Waals surface area (Å²) in [4.78, 5) is 11.1. The average Bonchev–Trinajstić information content (AvgIpc) is 2.55. The lowest BCUT2D eigenvalue weighted by Gasteiger charge is -2.01. The maximum Gasteiger partial charge on any atom is 0.374 e. The van der Waals surface area contributed by atoms with Crippen molar-refractivity contribution < 1.29 is 13.9 Å². The fourth-order valence-corrected chi connectivity index (χ4v) is 0.784. The summed E-state index contributed by atoms with van der Waals surface area (Å²) in [6.45, 7) is 5.95. The molecule has 0 aliphatic carbocycles. The van der Waals surface area contributed by atoms with Gasteiger partial charge in [-0.15, -0.1) is 6.58 Å². The number of carbonyl (C=O) groups excluding carboxylic acids is 1. The van der Waals surface area contributed by atoms with Gasteiger partial charge in [0, 0.05) is 6.42 Å². The number of hydrogen-bond donors (Lipinski definition) is 0. The summed E-state index contributed by atoms with van der Waals surface area (Å²) in [5.41, 5.74) is 0.993. The minimum Gasteiger partial charge on any atom is -0.459 e. The van der Waals surface area contributed by atoms with Gasteiger partial charge < -0.3 is 9.15 Å². The fourth-order valence-electron chi connectivity index (χ4n) is 0.784. The Labute approximate surface area is 77.0 Å². The Bertz CT molecular complexity index is 285. The van der Waals surface area contributed by atoms with Gasteiger partial charge in [-0.05, 0) is 19.1 Å². The van der Waals surface area contributed by atoms with E-state index in [4.69, 9.17) is 9.15 Å². The monoisotopic (exact) mass is 180 g/mol. The molecule has 0 aromatic carbocycles. The van der Waals surface area contributed by atoms with Gasteiger partial charge in [0.2, 0.25) is 5.76 Å². The fraction of sp³-hybridized carbons (Fsp3) is 0.300. The number of ether oxygens (including phenoxy) is 1. The Morgan fingerprint density at radius 2 is 2.46 bits per heavy atom. The molecule has 0 aliphatic rings. The second kappa shape index (κ2) is 4.50. The van der Waals surface area contributed by atoms with Crippen LogP contribution in [0.1, 0.15) is 23.9 Å². The first-order valence-corrected chi connectivity index (χ1v) is 4.05. The van der Waals surface area contributed by atoms with Crippen LogP contribution in [0, 0.1) is 0 Å². The maximum atomic E-state index is 11.1. The first-order chi connectivity index (χ1) is 6.20. The Hall–Kier alpha value is -1.51. The lowest BCUT2D eigenvalue weighted by atomic mass is 10.3. The van der Waals surface area contributed by atoms with Crippen molar-refractivity contribution in [2.75, 3.05) is 6.61 Å². The molecule has 70 valence electrons. The molecule has 13 heavy (non-hydrogen) atoms. The SMILES string of the molecule is C=C(C)CCOC(=O)c1ccco1. The molecule has 0 N–H and O–H groups in total. The number of hydrogen-bond acceptors (Lipinski definition) is 3. The van der Waals surface area contributed by atoms with Gasteiger partial charge in [-0.2, -0.15) is 0 Å². The van der Waals surface area contributed by atoms with Gasteiger partial charge in [0.1, 0.15) is 0 Å². The van der Waals surface area contributed by atoms with Crippen LogP contribution in [0.5, 0.6) is 0 Å². The first kappa shape index (κ1) is 9.58. The van der Waals surface area contributed by atoms with Crippen molar-refractivity contribution in [1.29, 1.82) is 0 Å². The molecule has 0 radical (unpaired) electrons. The van der Waals surface area contributed by atoms with Gasteiger partial charge in [-0.25, -0.2) is 4.79 Å². The molecule has 0 saturated carbocycles. The number of esters is 1. The van der Waals surface area contributed by atoms with Gasteiger partial charge in [-0.3, -0.25) is 0 Å². The standard InChI is InChI=1S/C10H12O3/c1-8(2)5-7-13-10(11)9-4-3-6-12-9/h3-4,6H,1,5,7H2,2H3. The third kappa shape index (κ3) is 3.15. The van der Waals surface area contributed by atoms with Crippen LogP contribution in [0.25, 0.3) is 0 Å². The van der Waals surface area contributed by atoms with Crippen molar-refractivity contribution in [1.82, 2.24) is 0 Å². The van der Waals surface area contributed by atoms with Crippen LogP contribution in [0.2, 0.25) is 0 Å².